The Hall–Kier alpha value is -0.240. The lowest BCUT2D eigenvalue weighted by atomic mass is 10.1. The van der Waals surface area contributed by atoms with Gasteiger partial charge in [0, 0.05) is 0 Å². The second kappa shape index (κ2) is 2.35. The van der Waals surface area contributed by atoms with Gasteiger partial charge in [-0.2, -0.15) is 11.8 Å². The molecule has 0 aliphatic carbocycles. The summed E-state index contributed by atoms with van der Waals surface area (Å²) >= 11 is 1.66. The number of carbonyl (C=O) groups excluding carboxylic acids is 1. The maximum atomic E-state index is 10.6. The molecule has 8 heavy (non-hydrogen) atoms. The molecule has 0 amide bonds. The number of Topliss-reactive ketones (excluding diaryl/α,β-unsaturated/α-hetero) is 1. The van der Waals surface area contributed by atoms with E-state index in [0.717, 1.165) is 12.2 Å². The van der Waals surface area contributed by atoms with Crippen LogP contribution in [0.5, 0.6) is 0 Å². The minimum atomic E-state index is 0.126. The number of ketones is 1. The number of carbonyl (C=O) groups is 1. The largest absolute Gasteiger partial charge is 0.294 e. The molecule has 0 spiro atoms. The van der Waals surface area contributed by atoms with Gasteiger partial charge in [0.15, 0.2) is 5.78 Å². The van der Waals surface area contributed by atoms with Gasteiger partial charge in [-0.05, 0) is 17.7 Å². The number of hydrogen-bond donors (Lipinski definition) is 0. The zero-order chi connectivity index (χ0) is 5.98. The van der Waals surface area contributed by atoms with Crippen molar-refractivity contribution >= 4 is 17.5 Å². The van der Waals surface area contributed by atoms with E-state index in [9.17, 15) is 4.79 Å². The molecule has 0 unspecified atom stereocenters. The monoisotopic (exact) mass is 127 g/mol. The van der Waals surface area contributed by atoms with Gasteiger partial charge in [0.25, 0.3) is 0 Å². The molecule has 1 fully saturated rings. The Morgan fingerprint density at radius 2 is 2.38 bits per heavy atom. The lowest BCUT2D eigenvalue weighted by Gasteiger charge is -2.08. The summed E-state index contributed by atoms with van der Waals surface area (Å²) in [6.07, 6.45) is 0.781. The highest BCUT2D eigenvalue weighted by atomic mass is 32.2. The molecule has 0 saturated carbocycles. The normalized spacial score (nSPS) is 21.5. The summed E-state index contributed by atoms with van der Waals surface area (Å²) in [4.78, 5) is 10.6. The maximum Gasteiger partial charge on any atom is 0.168 e. The predicted octanol–water partition coefficient (Wildman–Crippen LogP) is 1.05. The third-order valence-electron chi connectivity index (χ3n) is 1.11. The second-order valence-electron chi connectivity index (χ2n) is 1.75. The molecule has 1 aliphatic rings. The van der Waals surface area contributed by atoms with E-state index in [4.69, 9.17) is 6.58 Å². The summed E-state index contributed by atoms with van der Waals surface area (Å²) in [6, 6.07) is 0. The van der Waals surface area contributed by atoms with Crippen molar-refractivity contribution in [2.45, 2.75) is 6.42 Å². The summed E-state index contributed by atoms with van der Waals surface area (Å²) < 4.78 is 0. The van der Waals surface area contributed by atoms with Gasteiger partial charge in [-0.1, -0.05) is 6.58 Å². The van der Waals surface area contributed by atoms with Crippen LogP contribution in [0.1, 0.15) is 6.42 Å². The molecule has 0 atom stereocenters. The molecule has 0 N–H and O–H groups in total. The van der Waals surface area contributed by atoms with E-state index in [-0.39, 0.29) is 5.78 Å². The fraction of sp³-hybridized carbons (Fsp3) is 0.500. The first-order valence-electron chi connectivity index (χ1n) is 2.53. The van der Waals surface area contributed by atoms with Gasteiger partial charge in [-0.15, -0.1) is 0 Å². The zero-order valence-corrected chi connectivity index (χ0v) is 5.33. The third kappa shape index (κ3) is 1.13. The van der Waals surface area contributed by atoms with Gasteiger partial charge in [0.2, 0.25) is 0 Å². The summed E-state index contributed by atoms with van der Waals surface area (Å²) in [6.45, 7) is 5.33. The van der Waals surface area contributed by atoms with Crippen molar-refractivity contribution in [2.75, 3.05) is 11.5 Å². The number of allylic oxidation sites excluding steroid dienone is 1. The summed E-state index contributed by atoms with van der Waals surface area (Å²) in [5.74, 6) is 1.73. The van der Waals surface area contributed by atoms with Crippen LogP contribution in [0.4, 0.5) is 0 Å². The smallest absolute Gasteiger partial charge is 0.168 e. The van der Waals surface area contributed by atoms with Gasteiger partial charge < -0.3 is 0 Å². The summed E-state index contributed by atoms with van der Waals surface area (Å²) in [7, 11) is 0. The highest BCUT2D eigenvalue weighted by Crippen LogP contribution is 2.16. The molecule has 1 radical (unpaired) electrons. The lowest BCUT2D eigenvalue weighted by Crippen LogP contribution is -2.11. The summed E-state index contributed by atoms with van der Waals surface area (Å²) in [5, 5.41) is 0. The molecule has 1 rings (SSSR count). The average molecular weight is 127 g/mol. The highest BCUT2D eigenvalue weighted by molar-refractivity contribution is 8.00. The Morgan fingerprint density at radius 1 is 1.62 bits per heavy atom. The molecule has 1 nitrogen and oxygen atoms in total. The SMILES string of the molecule is [CH]=C1CCSCC1=O. The topological polar surface area (TPSA) is 17.1 Å². The van der Waals surface area contributed by atoms with Crippen LogP contribution < -0.4 is 0 Å². The van der Waals surface area contributed by atoms with Crippen LogP contribution in [0.15, 0.2) is 5.57 Å². The molecule has 1 aliphatic heterocycles. The molecule has 0 aromatic heterocycles. The van der Waals surface area contributed by atoms with E-state index in [0.29, 0.717) is 11.3 Å². The first-order valence-corrected chi connectivity index (χ1v) is 3.68. The van der Waals surface area contributed by atoms with Gasteiger partial charge in [0.05, 0.1) is 5.75 Å². The van der Waals surface area contributed by atoms with Gasteiger partial charge in [0.1, 0.15) is 0 Å². The third-order valence-corrected chi connectivity index (χ3v) is 2.07. The van der Waals surface area contributed by atoms with E-state index in [1.54, 1.807) is 11.8 Å². The molecular weight excluding hydrogens is 120 g/mol. The van der Waals surface area contributed by atoms with Crippen LogP contribution >= 0.6 is 11.8 Å². The number of rotatable bonds is 0. The van der Waals surface area contributed by atoms with Crippen LogP contribution in [-0.2, 0) is 4.79 Å². The molecule has 2 heteroatoms. The fourth-order valence-corrected chi connectivity index (χ4v) is 1.46. The lowest BCUT2D eigenvalue weighted by molar-refractivity contribution is -0.113. The molecular formula is C6H7OS. The molecule has 0 bridgehead atoms. The minimum absolute atomic E-state index is 0.126. The van der Waals surface area contributed by atoms with Crippen LogP contribution in [-0.4, -0.2) is 17.3 Å². The molecule has 0 aromatic carbocycles. The minimum Gasteiger partial charge on any atom is -0.294 e. The highest BCUT2D eigenvalue weighted by Gasteiger charge is 2.11. The Bertz CT molecular complexity index is 112. The molecule has 1 heterocycles. The van der Waals surface area contributed by atoms with Crippen LogP contribution in [0, 0.1) is 6.58 Å². The predicted molar refractivity (Wildman–Crippen MR) is 34.8 cm³/mol. The van der Waals surface area contributed by atoms with E-state index < -0.39 is 0 Å². The first-order chi connectivity index (χ1) is 3.80. The Balaban J connectivity index is 2.52. The molecule has 0 aromatic rings. The maximum absolute atomic E-state index is 10.6. The number of hydrogen-bond acceptors (Lipinski definition) is 2. The zero-order valence-electron chi connectivity index (χ0n) is 4.52. The first kappa shape index (κ1) is 5.89. The Labute approximate surface area is 53.2 Å². The average Bonchev–Trinajstić information content (AvgIpc) is 1.77. The Kier molecular flexibility index (Phi) is 1.73. The standard InChI is InChI=1S/C6H7OS/c1-5-2-3-8-4-6(5)7/h1H,2-4H2. The van der Waals surface area contributed by atoms with Crippen LogP contribution in [0.2, 0.25) is 0 Å². The van der Waals surface area contributed by atoms with Crippen LogP contribution in [0.3, 0.4) is 0 Å². The Morgan fingerprint density at radius 3 is 2.75 bits per heavy atom. The molecule has 43 valence electrons. The van der Waals surface area contributed by atoms with Crippen molar-refractivity contribution in [1.82, 2.24) is 0 Å². The van der Waals surface area contributed by atoms with Crippen molar-refractivity contribution in [3.8, 4) is 0 Å². The summed E-state index contributed by atoms with van der Waals surface area (Å²) in [5.41, 5.74) is 0.559. The van der Waals surface area contributed by atoms with Crippen molar-refractivity contribution in [3.05, 3.63) is 12.2 Å². The number of thioether (sulfide) groups is 1. The van der Waals surface area contributed by atoms with E-state index in [1.165, 1.54) is 0 Å². The second-order valence-corrected chi connectivity index (χ2v) is 2.86. The fourth-order valence-electron chi connectivity index (χ4n) is 0.579. The van der Waals surface area contributed by atoms with Gasteiger partial charge in [-0.25, -0.2) is 0 Å². The van der Waals surface area contributed by atoms with Crippen molar-refractivity contribution < 1.29 is 4.79 Å². The molecule has 1 saturated heterocycles. The van der Waals surface area contributed by atoms with Crippen molar-refractivity contribution in [2.24, 2.45) is 0 Å². The van der Waals surface area contributed by atoms with E-state index in [2.05, 4.69) is 0 Å². The van der Waals surface area contributed by atoms with Crippen LogP contribution in [0.25, 0.3) is 0 Å². The van der Waals surface area contributed by atoms with E-state index in [1.807, 2.05) is 0 Å². The van der Waals surface area contributed by atoms with Gasteiger partial charge in [-0.3, -0.25) is 4.79 Å². The van der Waals surface area contributed by atoms with Gasteiger partial charge >= 0.3 is 0 Å². The quantitative estimate of drug-likeness (QED) is 0.452. The van der Waals surface area contributed by atoms with Crippen molar-refractivity contribution in [3.63, 3.8) is 0 Å². The van der Waals surface area contributed by atoms with E-state index >= 15 is 0 Å². The van der Waals surface area contributed by atoms with Crippen molar-refractivity contribution in [1.29, 1.82) is 0 Å².